The minimum Gasteiger partial charge on any atom is -0.389 e. The molecular formula is C29H48O2. The summed E-state index contributed by atoms with van der Waals surface area (Å²) in [7, 11) is 0. The van der Waals surface area contributed by atoms with E-state index in [1.807, 2.05) is 6.08 Å². The second-order valence-corrected chi connectivity index (χ2v) is 12.8. The SMILES string of the molecule is CC[C@H](CC[C@@H](C)[C@H]1CC[C@H]2[C@@H]3C[C@@H](O)C4=CC(=O)CC[C@@]4(C)[C@H]3CC[C@]12C)C(C)C. The Morgan fingerprint density at radius 1 is 1.06 bits per heavy atom. The minimum atomic E-state index is -0.398. The molecule has 0 saturated heterocycles. The molecule has 0 aromatic rings. The highest BCUT2D eigenvalue weighted by Crippen LogP contribution is 2.67. The van der Waals surface area contributed by atoms with Crippen molar-refractivity contribution in [1.82, 2.24) is 0 Å². The highest BCUT2D eigenvalue weighted by Gasteiger charge is 2.60. The lowest BCUT2D eigenvalue weighted by Crippen LogP contribution is -2.54. The van der Waals surface area contributed by atoms with E-state index in [9.17, 15) is 9.90 Å². The molecule has 31 heavy (non-hydrogen) atoms. The van der Waals surface area contributed by atoms with E-state index < -0.39 is 6.10 Å². The molecule has 0 heterocycles. The molecule has 0 radical (unpaired) electrons. The zero-order chi connectivity index (χ0) is 22.6. The van der Waals surface area contributed by atoms with Gasteiger partial charge in [-0.3, -0.25) is 4.79 Å². The summed E-state index contributed by atoms with van der Waals surface area (Å²) in [5, 5.41) is 11.1. The largest absolute Gasteiger partial charge is 0.389 e. The fraction of sp³-hybridized carbons (Fsp3) is 0.897. The van der Waals surface area contributed by atoms with E-state index in [0.717, 1.165) is 48.0 Å². The standard InChI is InChI=1S/C29H48O2/c1-7-20(18(2)3)9-8-19(4)23-10-11-24-22-17-27(31)26-16-21(30)12-14-29(26,6)25(22)13-15-28(23,24)5/h16,18-20,22-25,27,31H,7-15,17H2,1-6H3/t19-,20-,22+,23-,24+,25+,27-,28-,29+/m1/s1. The van der Waals surface area contributed by atoms with E-state index in [2.05, 4.69) is 41.5 Å². The first-order chi connectivity index (χ1) is 14.6. The van der Waals surface area contributed by atoms with Gasteiger partial charge in [0.05, 0.1) is 6.10 Å². The molecule has 0 bridgehead atoms. The molecule has 0 aliphatic heterocycles. The van der Waals surface area contributed by atoms with Gasteiger partial charge in [0, 0.05) is 6.42 Å². The number of aliphatic hydroxyl groups is 1. The lowest BCUT2D eigenvalue weighted by molar-refractivity contribution is -0.119. The van der Waals surface area contributed by atoms with E-state index in [0.29, 0.717) is 23.7 Å². The summed E-state index contributed by atoms with van der Waals surface area (Å²) < 4.78 is 0. The van der Waals surface area contributed by atoms with Gasteiger partial charge in [0.2, 0.25) is 0 Å². The van der Waals surface area contributed by atoms with Crippen molar-refractivity contribution < 1.29 is 9.90 Å². The second kappa shape index (κ2) is 8.62. The first kappa shape index (κ1) is 23.5. The first-order valence-electron chi connectivity index (χ1n) is 13.5. The predicted octanol–water partition coefficient (Wildman–Crippen LogP) is 7.20. The third-order valence-corrected chi connectivity index (χ3v) is 11.2. The number of carbonyl (C=O) groups excluding carboxylic acids is 1. The van der Waals surface area contributed by atoms with E-state index in [4.69, 9.17) is 0 Å². The number of rotatable bonds is 6. The summed E-state index contributed by atoms with van der Waals surface area (Å²) in [4.78, 5) is 12.1. The van der Waals surface area contributed by atoms with Crippen LogP contribution in [-0.4, -0.2) is 17.0 Å². The van der Waals surface area contributed by atoms with Gasteiger partial charge in [-0.05, 0) is 109 Å². The van der Waals surface area contributed by atoms with Crippen LogP contribution in [-0.2, 0) is 4.79 Å². The molecule has 3 saturated carbocycles. The molecule has 4 rings (SSSR count). The van der Waals surface area contributed by atoms with Gasteiger partial charge in [0.25, 0.3) is 0 Å². The second-order valence-electron chi connectivity index (χ2n) is 12.8. The molecule has 0 amide bonds. The van der Waals surface area contributed by atoms with Crippen LogP contribution >= 0.6 is 0 Å². The summed E-state index contributed by atoms with van der Waals surface area (Å²) in [6, 6.07) is 0. The molecular weight excluding hydrogens is 380 g/mol. The average Bonchev–Trinajstić information content (AvgIpc) is 3.07. The number of aliphatic hydroxyl groups excluding tert-OH is 1. The summed E-state index contributed by atoms with van der Waals surface area (Å²) in [5.74, 6) is 5.62. The zero-order valence-electron chi connectivity index (χ0n) is 21.1. The fourth-order valence-corrected chi connectivity index (χ4v) is 9.27. The monoisotopic (exact) mass is 428 g/mol. The van der Waals surface area contributed by atoms with Crippen LogP contribution in [0.3, 0.4) is 0 Å². The number of carbonyl (C=O) groups is 1. The normalized spacial score (nSPS) is 44.3. The number of hydrogen-bond donors (Lipinski definition) is 1. The minimum absolute atomic E-state index is 0.0485. The number of fused-ring (bicyclic) bond motifs is 5. The smallest absolute Gasteiger partial charge is 0.155 e. The van der Waals surface area contributed by atoms with Crippen molar-refractivity contribution in [2.45, 2.75) is 112 Å². The Bertz CT molecular complexity index is 708. The van der Waals surface area contributed by atoms with Crippen molar-refractivity contribution >= 4 is 5.78 Å². The Balaban J connectivity index is 1.51. The maximum Gasteiger partial charge on any atom is 0.155 e. The van der Waals surface area contributed by atoms with Crippen molar-refractivity contribution in [3.63, 3.8) is 0 Å². The van der Waals surface area contributed by atoms with Gasteiger partial charge in [-0.2, -0.15) is 0 Å². The predicted molar refractivity (Wildman–Crippen MR) is 129 cm³/mol. The van der Waals surface area contributed by atoms with Crippen LogP contribution in [0.2, 0.25) is 0 Å². The van der Waals surface area contributed by atoms with E-state index in [-0.39, 0.29) is 11.2 Å². The molecule has 1 N–H and O–H groups in total. The van der Waals surface area contributed by atoms with Crippen LogP contribution in [0.1, 0.15) is 106 Å². The van der Waals surface area contributed by atoms with Crippen LogP contribution in [0.25, 0.3) is 0 Å². The molecule has 0 aromatic heterocycles. The first-order valence-corrected chi connectivity index (χ1v) is 13.5. The average molecular weight is 429 g/mol. The Morgan fingerprint density at radius 2 is 1.81 bits per heavy atom. The van der Waals surface area contributed by atoms with Gasteiger partial charge >= 0.3 is 0 Å². The van der Waals surface area contributed by atoms with Crippen molar-refractivity contribution in [3.05, 3.63) is 11.6 Å². The fourth-order valence-electron chi connectivity index (χ4n) is 9.27. The van der Waals surface area contributed by atoms with E-state index in [1.165, 1.54) is 44.9 Å². The van der Waals surface area contributed by atoms with Crippen molar-refractivity contribution in [3.8, 4) is 0 Å². The molecule has 176 valence electrons. The topological polar surface area (TPSA) is 37.3 Å². The van der Waals surface area contributed by atoms with E-state index in [1.54, 1.807) is 0 Å². The molecule has 4 aliphatic rings. The molecule has 2 heteroatoms. The maximum atomic E-state index is 12.1. The zero-order valence-corrected chi connectivity index (χ0v) is 21.1. The van der Waals surface area contributed by atoms with Gasteiger partial charge < -0.3 is 5.11 Å². The number of ketones is 1. The van der Waals surface area contributed by atoms with Gasteiger partial charge in [0.15, 0.2) is 5.78 Å². The Labute approximate surface area is 191 Å². The van der Waals surface area contributed by atoms with Gasteiger partial charge in [0.1, 0.15) is 0 Å². The molecule has 0 aromatic carbocycles. The molecule has 0 unspecified atom stereocenters. The Hall–Kier alpha value is -0.630. The van der Waals surface area contributed by atoms with Crippen molar-refractivity contribution in [2.24, 2.45) is 52.3 Å². The number of hydrogen-bond acceptors (Lipinski definition) is 2. The van der Waals surface area contributed by atoms with E-state index >= 15 is 0 Å². The lowest BCUT2D eigenvalue weighted by Gasteiger charge is -2.59. The lowest BCUT2D eigenvalue weighted by atomic mass is 9.46. The molecule has 4 aliphatic carbocycles. The summed E-state index contributed by atoms with van der Waals surface area (Å²) in [6.45, 7) is 14.7. The van der Waals surface area contributed by atoms with Crippen LogP contribution < -0.4 is 0 Å². The van der Waals surface area contributed by atoms with Crippen LogP contribution in [0.15, 0.2) is 11.6 Å². The maximum absolute atomic E-state index is 12.1. The molecule has 9 atom stereocenters. The van der Waals surface area contributed by atoms with Crippen molar-refractivity contribution in [1.29, 1.82) is 0 Å². The summed E-state index contributed by atoms with van der Waals surface area (Å²) in [6.07, 6.45) is 13.4. The highest BCUT2D eigenvalue weighted by molar-refractivity contribution is 5.91. The van der Waals surface area contributed by atoms with Gasteiger partial charge in [-0.1, -0.05) is 54.4 Å². The third kappa shape index (κ3) is 3.87. The van der Waals surface area contributed by atoms with Gasteiger partial charge in [-0.25, -0.2) is 0 Å². The Kier molecular flexibility index (Phi) is 6.54. The van der Waals surface area contributed by atoms with Gasteiger partial charge in [-0.15, -0.1) is 0 Å². The van der Waals surface area contributed by atoms with Crippen LogP contribution in [0.4, 0.5) is 0 Å². The molecule has 0 spiro atoms. The summed E-state index contributed by atoms with van der Waals surface area (Å²) in [5.41, 5.74) is 1.57. The van der Waals surface area contributed by atoms with Crippen LogP contribution in [0, 0.1) is 52.3 Å². The quantitative estimate of drug-likeness (QED) is 0.485. The third-order valence-electron chi connectivity index (χ3n) is 11.2. The Morgan fingerprint density at radius 3 is 2.48 bits per heavy atom. The van der Waals surface area contributed by atoms with Crippen LogP contribution in [0.5, 0.6) is 0 Å². The molecule has 2 nitrogen and oxygen atoms in total. The highest BCUT2D eigenvalue weighted by atomic mass is 16.3. The van der Waals surface area contributed by atoms with Crippen molar-refractivity contribution in [2.75, 3.05) is 0 Å². The summed E-state index contributed by atoms with van der Waals surface area (Å²) >= 11 is 0. The molecule has 3 fully saturated rings.